The molecule has 3 nitrogen and oxygen atoms in total. The van der Waals surface area contributed by atoms with Crippen molar-refractivity contribution in [2.75, 3.05) is 11.4 Å². The van der Waals surface area contributed by atoms with Crippen LogP contribution in [0.2, 0.25) is 0 Å². The number of anilines is 1. The van der Waals surface area contributed by atoms with Crippen molar-refractivity contribution in [2.24, 2.45) is 5.92 Å². The Morgan fingerprint density at radius 3 is 2.70 bits per heavy atom. The first-order chi connectivity index (χ1) is 9.35. The lowest BCUT2D eigenvalue weighted by Gasteiger charge is -2.37. The normalized spacial score (nSPS) is 23.9. The second-order valence-electron chi connectivity index (χ2n) is 7.26. The van der Waals surface area contributed by atoms with E-state index in [4.69, 9.17) is 4.98 Å². The molecule has 0 spiro atoms. The van der Waals surface area contributed by atoms with Gasteiger partial charge < -0.3 is 10.2 Å². The Hall–Kier alpha value is -1.09. The molecule has 0 radical (unpaired) electrons. The number of pyridine rings is 1. The second kappa shape index (κ2) is 6.13. The topological polar surface area (TPSA) is 28.2 Å². The maximum Gasteiger partial charge on any atom is 0.129 e. The Kier molecular flexibility index (Phi) is 4.69. The van der Waals surface area contributed by atoms with Crippen molar-refractivity contribution in [3.8, 4) is 0 Å². The predicted molar refractivity (Wildman–Crippen MR) is 86.0 cm³/mol. The highest BCUT2D eigenvalue weighted by Crippen LogP contribution is 2.26. The van der Waals surface area contributed by atoms with E-state index < -0.39 is 0 Å². The van der Waals surface area contributed by atoms with Gasteiger partial charge in [-0.05, 0) is 58.6 Å². The van der Waals surface area contributed by atoms with Crippen LogP contribution in [0.1, 0.15) is 53.2 Å². The lowest BCUT2D eigenvalue weighted by molar-refractivity contribution is 0.375. The molecule has 0 aromatic carbocycles. The molecule has 1 aromatic rings. The molecule has 1 aliphatic heterocycles. The third-order valence-corrected chi connectivity index (χ3v) is 4.02. The predicted octanol–water partition coefficient (Wildman–Crippen LogP) is 3.59. The van der Waals surface area contributed by atoms with E-state index in [0.717, 1.165) is 30.5 Å². The smallest absolute Gasteiger partial charge is 0.129 e. The molecule has 2 atom stereocenters. The van der Waals surface area contributed by atoms with Crippen molar-refractivity contribution in [3.05, 3.63) is 23.9 Å². The van der Waals surface area contributed by atoms with Crippen molar-refractivity contribution in [1.82, 2.24) is 10.3 Å². The summed E-state index contributed by atoms with van der Waals surface area (Å²) in [5.74, 6) is 1.98. The van der Waals surface area contributed by atoms with E-state index in [-0.39, 0.29) is 5.54 Å². The number of aromatic nitrogens is 1. The summed E-state index contributed by atoms with van der Waals surface area (Å²) in [7, 11) is 0. The van der Waals surface area contributed by atoms with Crippen LogP contribution in [0.25, 0.3) is 0 Å². The van der Waals surface area contributed by atoms with E-state index in [1.54, 1.807) is 0 Å². The molecular formula is C17H29N3. The van der Waals surface area contributed by atoms with Gasteiger partial charge >= 0.3 is 0 Å². The van der Waals surface area contributed by atoms with E-state index in [1.165, 1.54) is 12.8 Å². The monoisotopic (exact) mass is 275 g/mol. The molecule has 1 aromatic heterocycles. The number of nitrogens with zero attached hydrogens (tertiary/aromatic N) is 2. The summed E-state index contributed by atoms with van der Waals surface area (Å²) in [5.41, 5.74) is 1.26. The maximum absolute atomic E-state index is 4.84. The first-order valence-electron chi connectivity index (χ1n) is 7.83. The Bertz CT molecular complexity index is 436. The van der Waals surface area contributed by atoms with Crippen molar-refractivity contribution >= 4 is 5.82 Å². The number of piperidine rings is 1. The van der Waals surface area contributed by atoms with Crippen LogP contribution in [0.5, 0.6) is 0 Å². The average Bonchev–Trinajstić information content (AvgIpc) is 2.36. The fourth-order valence-corrected chi connectivity index (χ4v) is 2.83. The van der Waals surface area contributed by atoms with E-state index in [9.17, 15) is 0 Å². The van der Waals surface area contributed by atoms with Crippen LogP contribution in [0.3, 0.4) is 0 Å². The summed E-state index contributed by atoms with van der Waals surface area (Å²) in [6, 6.07) is 6.98. The molecule has 0 saturated carbocycles. The van der Waals surface area contributed by atoms with Crippen LogP contribution in [0, 0.1) is 5.92 Å². The van der Waals surface area contributed by atoms with Crippen molar-refractivity contribution < 1.29 is 0 Å². The molecule has 2 unspecified atom stereocenters. The number of rotatable bonds is 3. The summed E-state index contributed by atoms with van der Waals surface area (Å²) in [6.45, 7) is 13.2. The Labute approximate surface area is 123 Å². The van der Waals surface area contributed by atoms with E-state index in [0.29, 0.717) is 6.04 Å². The third kappa shape index (κ3) is 4.20. The van der Waals surface area contributed by atoms with Crippen LogP contribution in [-0.4, -0.2) is 23.1 Å². The molecular weight excluding hydrogens is 246 g/mol. The number of nitrogens with one attached hydrogen (secondary N) is 1. The van der Waals surface area contributed by atoms with Gasteiger partial charge in [-0.2, -0.15) is 0 Å². The van der Waals surface area contributed by atoms with Crippen LogP contribution in [0.15, 0.2) is 18.2 Å². The molecule has 1 saturated heterocycles. The Balaban J connectivity index is 2.05. The van der Waals surface area contributed by atoms with Gasteiger partial charge in [0, 0.05) is 24.7 Å². The van der Waals surface area contributed by atoms with Crippen LogP contribution in [-0.2, 0) is 6.54 Å². The van der Waals surface area contributed by atoms with Gasteiger partial charge in [0.05, 0.1) is 5.69 Å². The molecule has 0 amide bonds. The van der Waals surface area contributed by atoms with Crippen molar-refractivity contribution in [2.45, 2.75) is 65.6 Å². The van der Waals surface area contributed by atoms with Crippen LogP contribution >= 0.6 is 0 Å². The molecule has 2 heterocycles. The zero-order valence-electron chi connectivity index (χ0n) is 13.6. The van der Waals surface area contributed by atoms with Gasteiger partial charge in [-0.15, -0.1) is 0 Å². The highest BCUT2D eigenvalue weighted by molar-refractivity contribution is 5.41. The molecule has 3 heteroatoms. The number of hydrogen-bond donors (Lipinski definition) is 1. The first kappa shape index (κ1) is 15.3. The van der Waals surface area contributed by atoms with Gasteiger partial charge in [-0.3, -0.25) is 0 Å². The molecule has 20 heavy (non-hydrogen) atoms. The van der Waals surface area contributed by atoms with E-state index in [2.05, 4.69) is 63.0 Å². The van der Waals surface area contributed by atoms with Crippen molar-refractivity contribution in [3.63, 3.8) is 0 Å². The zero-order valence-corrected chi connectivity index (χ0v) is 13.6. The lowest BCUT2D eigenvalue weighted by Crippen LogP contribution is -2.41. The molecule has 2 rings (SSSR count). The van der Waals surface area contributed by atoms with Gasteiger partial charge in [0.15, 0.2) is 0 Å². The highest BCUT2D eigenvalue weighted by Gasteiger charge is 2.23. The Morgan fingerprint density at radius 2 is 2.05 bits per heavy atom. The Morgan fingerprint density at radius 1 is 1.30 bits per heavy atom. The van der Waals surface area contributed by atoms with Gasteiger partial charge in [0.25, 0.3) is 0 Å². The lowest BCUT2D eigenvalue weighted by atomic mass is 9.93. The quantitative estimate of drug-likeness (QED) is 0.913. The summed E-state index contributed by atoms with van der Waals surface area (Å²) < 4.78 is 0. The van der Waals surface area contributed by atoms with Gasteiger partial charge in [-0.25, -0.2) is 4.98 Å². The molecule has 1 aliphatic rings. The zero-order chi connectivity index (χ0) is 14.8. The molecule has 1 fully saturated rings. The van der Waals surface area contributed by atoms with Gasteiger partial charge in [0.2, 0.25) is 0 Å². The second-order valence-corrected chi connectivity index (χ2v) is 7.26. The summed E-state index contributed by atoms with van der Waals surface area (Å²) >= 11 is 0. The maximum atomic E-state index is 4.84. The fourth-order valence-electron chi connectivity index (χ4n) is 2.83. The minimum atomic E-state index is 0.130. The minimum absolute atomic E-state index is 0.130. The third-order valence-electron chi connectivity index (χ3n) is 4.02. The summed E-state index contributed by atoms with van der Waals surface area (Å²) in [4.78, 5) is 7.30. The van der Waals surface area contributed by atoms with E-state index >= 15 is 0 Å². The molecule has 112 valence electrons. The number of hydrogen-bond acceptors (Lipinski definition) is 3. The minimum Gasteiger partial charge on any atom is -0.354 e. The van der Waals surface area contributed by atoms with Gasteiger partial charge in [-0.1, -0.05) is 13.0 Å². The van der Waals surface area contributed by atoms with Crippen molar-refractivity contribution in [1.29, 1.82) is 0 Å². The van der Waals surface area contributed by atoms with Gasteiger partial charge in [0.1, 0.15) is 5.82 Å². The van der Waals surface area contributed by atoms with Crippen LogP contribution < -0.4 is 10.2 Å². The molecule has 0 bridgehead atoms. The van der Waals surface area contributed by atoms with E-state index in [1.807, 2.05) is 0 Å². The standard InChI is InChI=1S/C17H29N3/c1-13-9-10-20(14(2)11-13)16-8-6-7-15(19-16)12-18-17(3,4)5/h6-8,13-14,18H,9-12H2,1-5H3. The molecule has 0 aliphatic carbocycles. The summed E-state index contributed by atoms with van der Waals surface area (Å²) in [6.07, 6.45) is 2.54. The van der Waals surface area contributed by atoms with Crippen LogP contribution in [0.4, 0.5) is 5.82 Å². The largest absolute Gasteiger partial charge is 0.354 e. The highest BCUT2D eigenvalue weighted by atomic mass is 15.2. The average molecular weight is 275 g/mol. The SMILES string of the molecule is CC1CCN(c2cccc(CNC(C)(C)C)n2)C(C)C1. The summed E-state index contributed by atoms with van der Waals surface area (Å²) in [5, 5.41) is 3.51. The fraction of sp³-hybridized carbons (Fsp3) is 0.706. The molecule has 1 N–H and O–H groups in total. The first-order valence-corrected chi connectivity index (χ1v) is 7.83.